The topological polar surface area (TPSA) is 49.0 Å². The number of hydrogen-bond acceptors (Lipinski definition) is 3. The number of nitrogens with one attached hydrogen (secondary N) is 1. The first-order chi connectivity index (χ1) is 10.2. The third-order valence-corrected chi connectivity index (χ3v) is 4.03. The Balaban J connectivity index is 1.72. The Bertz CT molecular complexity index is 704. The lowest BCUT2D eigenvalue weighted by molar-refractivity contribution is 0.253. The SMILES string of the molecule is CN(Cc1nc2ccccc2c(=O)[nH]1)CC1CC=CCC1. The predicted octanol–water partition coefficient (Wildman–Crippen LogP) is 2.71. The fourth-order valence-corrected chi connectivity index (χ4v) is 2.99. The summed E-state index contributed by atoms with van der Waals surface area (Å²) in [5.41, 5.74) is 0.717. The van der Waals surface area contributed by atoms with E-state index in [0.717, 1.165) is 24.3 Å². The number of rotatable bonds is 4. The van der Waals surface area contributed by atoms with E-state index in [0.29, 0.717) is 17.8 Å². The van der Waals surface area contributed by atoms with Gasteiger partial charge in [0, 0.05) is 6.54 Å². The van der Waals surface area contributed by atoms with Crippen molar-refractivity contribution >= 4 is 10.9 Å². The zero-order chi connectivity index (χ0) is 14.7. The van der Waals surface area contributed by atoms with Gasteiger partial charge in [0.05, 0.1) is 17.4 Å². The highest BCUT2D eigenvalue weighted by Crippen LogP contribution is 2.19. The van der Waals surface area contributed by atoms with Gasteiger partial charge >= 0.3 is 0 Å². The second kappa shape index (κ2) is 6.22. The minimum atomic E-state index is -0.0513. The molecule has 0 radical (unpaired) electrons. The Hall–Kier alpha value is -1.94. The normalized spacial score (nSPS) is 18.5. The average Bonchev–Trinajstić information content (AvgIpc) is 2.48. The van der Waals surface area contributed by atoms with Crippen LogP contribution in [0.5, 0.6) is 0 Å². The number of H-pyrrole nitrogens is 1. The minimum Gasteiger partial charge on any atom is -0.309 e. The van der Waals surface area contributed by atoms with Gasteiger partial charge in [0.2, 0.25) is 0 Å². The Labute approximate surface area is 124 Å². The van der Waals surface area contributed by atoms with Crippen LogP contribution in [0.3, 0.4) is 0 Å². The maximum absolute atomic E-state index is 12.0. The third-order valence-electron chi connectivity index (χ3n) is 4.03. The van der Waals surface area contributed by atoms with Gasteiger partial charge < -0.3 is 4.98 Å². The molecule has 0 saturated carbocycles. The maximum atomic E-state index is 12.0. The van der Waals surface area contributed by atoms with Crippen molar-refractivity contribution < 1.29 is 0 Å². The highest BCUT2D eigenvalue weighted by molar-refractivity contribution is 5.77. The Kier molecular flexibility index (Phi) is 4.15. The van der Waals surface area contributed by atoms with Gasteiger partial charge in [-0.15, -0.1) is 0 Å². The smallest absolute Gasteiger partial charge is 0.258 e. The zero-order valence-electron chi connectivity index (χ0n) is 12.4. The molecule has 21 heavy (non-hydrogen) atoms. The van der Waals surface area contributed by atoms with Crippen molar-refractivity contribution in [1.82, 2.24) is 14.9 Å². The zero-order valence-corrected chi connectivity index (χ0v) is 12.4. The summed E-state index contributed by atoms with van der Waals surface area (Å²) in [4.78, 5) is 21.7. The van der Waals surface area contributed by atoms with E-state index in [1.807, 2.05) is 24.3 Å². The fraction of sp³-hybridized carbons (Fsp3) is 0.412. The first kappa shape index (κ1) is 14.0. The van der Waals surface area contributed by atoms with E-state index in [1.165, 1.54) is 12.8 Å². The summed E-state index contributed by atoms with van der Waals surface area (Å²) in [6.45, 7) is 1.72. The van der Waals surface area contributed by atoms with E-state index < -0.39 is 0 Å². The van der Waals surface area contributed by atoms with Gasteiger partial charge in [0.25, 0.3) is 5.56 Å². The standard InChI is InChI=1S/C17H21N3O/c1-20(11-13-7-3-2-4-8-13)12-16-18-15-10-6-5-9-14(15)17(21)19-16/h2-3,5-6,9-10,13H,4,7-8,11-12H2,1H3,(H,18,19,21). The summed E-state index contributed by atoms with van der Waals surface area (Å²) >= 11 is 0. The Morgan fingerprint density at radius 3 is 3.00 bits per heavy atom. The van der Waals surface area contributed by atoms with Crippen molar-refractivity contribution in [2.45, 2.75) is 25.8 Å². The molecule has 0 spiro atoms. The van der Waals surface area contributed by atoms with Crippen LogP contribution in [-0.4, -0.2) is 28.5 Å². The van der Waals surface area contributed by atoms with E-state index in [-0.39, 0.29) is 5.56 Å². The summed E-state index contributed by atoms with van der Waals surface area (Å²) in [7, 11) is 2.09. The van der Waals surface area contributed by atoms with Crippen LogP contribution < -0.4 is 5.56 Å². The van der Waals surface area contributed by atoms with Crippen molar-refractivity contribution in [2.75, 3.05) is 13.6 Å². The van der Waals surface area contributed by atoms with E-state index >= 15 is 0 Å². The van der Waals surface area contributed by atoms with Gasteiger partial charge in [-0.2, -0.15) is 0 Å². The molecule has 4 heteroatoms. The number of aromatic amines is 1. The molecule has 1 aliphatic rings. The van der Waals surface area contributed by atoms with Crippen LogP contribution in [0.4, 0.5) is 0 Å². The molecule has 1 atom stereocenters. The number of allylic oxidation sites excluding steroid dienone is 2. The molecule has 110 valence electrons. The lowest BCUT2D eigenvalue weighted by atomic mass is 9.94. The van der Waals surface area contributed by atoms with Crippen LogP contribution in [0.2, 0.25) is 0 Å². The maximum Gasteiger partial charge on any atom is 0.258 e. The second-order valence-electron chi connectivity index (χ2n) is 5.88. The van der Waals surface area contributed by atoms with Crippen LogP contribution >= 0.6 is 0 Å². The quantitative estimate of drug-likeness (QED) is 0.878. The van der Waals surface area contributed by atoms with Crippen molar-refractivity contribution in [3.63, 3.8) is 0 Å². The van der Waals surface area contributed by atoms with Crippen LogP contribution in [0.1, 0.15) is 25.1 Å². The first-order valence-corrected chi connectivity index (χ1v) is 7.54. The van der Waals surface area contributed by atoms with Crippen molar-refractivity contribution in [3.8, 4) is 0 Å². The lowest BCUT2D eigenvalue weighted by Gasteiger charge is -2.24. The van der Waals surface area contributed by atoms with Crippen molar-refractivity contribution in [1.29, 1.82) is 0 Å². The summed E-state index contributed by atoms with van der Waals surface area (Å²) in [5, 5.41) is 0.654. The van der Waals surface area contributed by atoms with Crippen LogP contribution in [0.15, 0.2) is 41.2 Å². The van der Waals surface area contributed by atoms with E-state index in [1.54, 1.807) is 0 Å². The number of hydrogen-bond donors (Lipinski definition) is 1. The molecule has 4 nitrogen and oxygen atoms in total. The number of nitrogens with zero attached hydrogens (tertiary/aromatic N) is 2. The molecule has 1 aromatic heterocycles. The monoisotopic (exact) mass is 283 g/mol. The molecule has 0 fully saturated rings. The summed E-state index contributed by atoms with van der Waals surface area (Å²) in [6, 6.07) is 7.47. The number of para-hydroxylation sites is 1. The van der Waals surface area contributed by atoms with Crippen LogP contribution in [0, 0.1) is 5.92 Å². The van der Waals surface area contributed by atoms with E-state index in [9.17, 15) is 4.79 Å². The highest BCUT2D eigenvalue weighted by atomic mass is 16.1. The first-order valence-electron chi connectivity index (χ1n) is 7.54. The van der Waals surface area contributed by atoms with Crippen LogP contribution in [-0.2, 0) is 6.54 Å². The molecule has 0 bridgehead atoms. The molecule has 2 aromatic rings. The summed E-state index contributed by atoms with van der Waals surface area (Å²) in [6.07, 6.45) is 8.13. The molecule has 1 heterocycles. The lowest BCUT2D eigenvalue weighted by Crippen LogP contribution is -2.27. The highest BCUT2D eigenvalue weighted by Gasteiger charge is 2.13. The molecule has 1 unspecified atom stereocenters. The van der Waals surface area contributed by atoms with Crippen molar-refractivity contribution in [2.24, 2.45) is 5.92 Å². The van der Waals surface area contributed by atoms with Crippen molar-refractivity contribution in [3.05, 3.63) is 52.6 Å². The number of aromatic nitrogens is 2. The van der Waals surface area contributed by atoms with Gasteiger partial charge in [-0.25, -0.2) is 4.98 Å². The van der Waals surface area contributed by atoms with Gasteiger partial charge in [0.1, 0.15) is 5.82 Å². The molecular weight excluding hydrogens is 262 g/mol. The second-order valence-corrected chi connectivity index (χ2v) is 5.88. The Morgan fingerprint density at radius 2 is 2.19 bits per heavy atom. The van der Waals surface area contributed by atoms with E-state index in [2.05, 4.69) is 34.1 Å². The van der Waals surface area contributed by atoms with Gasteiger partial charge in [-0.3, -0.25) is 9.69 Å². The Morgan fingerprint density at radius 1 is 1.33 bits per heavy atom. The minimum absolute atomic E-state index is 0.0513. The molecule has 1 N–H and O–H groups in total. The van der Waals surface area contributed by atoms with Gasteiger partial charge in [-0.1, -0.05) is 24.3 Å². The third kappa shape index (κ3) is 3.39. The van der Waals surface area contributed by atoms with Crippen LogP contribution in [0.25, 0.3) is 10.9 Å². The molecule has 0 amide bonds. The summed E-state index contributed by atoms with van der Waals surface area (Å²) < 4.78 is 0. The molecule has 0 saturated heterocycles. The predicted molar refractivity (Wildman–Crippen MR) is 85.2 cm³/mol. The van der Waals surface area contributed by atoms with Gasteiger partial charge in [0.15, 0.2) is 0 Å². The molecule has 1 aliphatic carbocycles. The molecule has 1 aromatic carbocycles. The van der Waals surface area contributed by atoms with Gasteiger partial charge in [-0.05, 0) is 44.4 Å². The molecular formula is C17H21N3O. The largest absolute Gasteiger partial charge is 0.309 e. The molecule has 0 aliphatic heterocycles. The fourth-order valence-electron chi connectivity index (χ4n) is 2.99. The average molecular weight is 283 g/mol. The summed E-state index contributed by atoms with van der Waals surface area (Å²) in [5.74, 6) is 1.46. The number of fused-ring (bicyclic) bond motifs is 1. The number of benzene rings is 1. The van der Waals surface area contributed by atoms with E-state index in [4.69, 9.17) is 0 Å². The molecule has 3 rings (SSSR count).